The van der Waals surface area contributed by atoms with Gasteiger partial charge in [-0.2, -0.15) is 37.9 Å². The summed E-state index contributed by atoms with van der Waals surface area (Å²) in [6.07, 6.45) is 15.4. The molecule has 0 rings (SSSR count). The molecule has 0 aromatic rings. The molecule has 0 N–H and O–H groups in total. The van der Waals surface area contributed by atoms with E-state index in [-0.39, 0.29) is 0 Å². The van der Waals surface area contributed by atoms with Crippen molar-refractivity contribution in [2.24, 2.45) is 0 Å². The Morgan fingerprint density at radius 1 is 0.548 bits per heavy atom. The van der Waals surface area contributed by atoms with Crippen molar-refractivity contribution in [2.45, 2.75) is 123 Å². The average molecular weight is 764 g/mol. The van der Waals surface area contributed by atoms with Gasteiger partial charge in [-0.25, -0.2) is 0 Å². The number of aliphatic carboxylic acids is 3. The normalized spacial score (nSPS) is 12.3. The molecular formula is C29H56O9S3Sn. The molecule has 0 fully saturated rings. The van der Waals surface area contributed by atoms with Crippen molar-refractivity contribution >= 4 is 78.3 Å². The second kappa shape index (κ2) is 41.1. The Kier molecular flexibility index (Phi) is 48.0. The Balaban J connectivity index is -0.000000230. The van der Waals surface area contributed by atoms with Gasteiger partial charge in [0.1, 0.15) is 0 Å². The molecule has 13 heteroatoms. The van der Waals surface area contributed by atoms with Crippen LogP contribution < -0.4 is 15.3 Å². The zero-order chi connectivity index (χ0) is 33.0. The minimum absolute atomic E-state index is 0.550. The molecule has 0 radical (unpaired) electrons. The summed E-state index contributed by atoms with van der Waals surface area (Å²) in [6, 6.07) is 0. The van der Waals surface area contributed by atoms with Crippen LogP contribution in [0.5, 0.6) is 0 Å². The van der Waals surface area contributed by atoms with Crippen LogP contribution in [0.2, 0.25) is 4.44 Å². The SMILES string of the molecule is CCCCCCC[CH2][Sn+3].COCCCCC(S)C(=O)[O-].COCCCCC(S)C(=O)[O-].COCCCCC(S)C(=O)[O-]. The van der Waals surface area contributed by atoms with E-state index in [0.717, 1.165) is 38.5 Å². The summed E-state index contributed by atoms with van der Waals surface area (Å²) >= 11 is 13.2. The van der Waals surface area contributed by atoms with E-state index >= 15 is 0 Å². The third kappa shape index (κ3) is 47.1. The molecule has 0 aliphatic rings. The third-order valence-electron chi connectivity index (χ3n) is 5.57. The molecule has 0 aromatic heterocycles. The summed E-state index contributed by atoms with van der Waals surface area (Å²) in [5.74, 6) is -3.28. The predicted octanol–water partition coefficient (Wildman–Crippen LogP) is 2.49. The molecule has 0 aliphatic carbocycles. The summed E-state index contributed by atoms with van der Waals surface area (Å²) in [7, 11) is 4.87. The number of methoxy groups -OCH3 is 3. The van der Waals surface area contributed by atoms with E-state index in [0.29, 0.717) is 39.1 Å². The first-order valence-electron chi connectivity index (χ1n) is 14.7. The van der Waals surface area contributed by atoms with Crippen LogP contribution in [0.3, 0.4) is 0 Å². The molecule has 0 saturated heterocycles. The van der Waals surface area contributed by atoms with Crippen LogP contribution in [-0.4, -0.2) is 97.3 Å². The van der Waals surface area contributed by atoms with Crippen molar-refractivity contribution in [2.75, 3.05) is 41.2 Å². The van der Waals surface area contributed by atoms with Crippen LogP contribution in [0.1, 0.15) is 103 Å². The first-order chi connectivity index (χ1) is 20.0. The Morgan fingerprint density at radius 3 is 1.07 bits per heavy atom. The fourth-order valence-corrected chi connectivity index (χ4v) is 4.27. The fraction of sp³-hybridized carbons (Fsp3) is 0.897. The van der Waals surface area contributed by atoms with E-state index in [9.17, 15) is 29.7 Å². The van der Waals surface area contributed by atoms with Crippen molar-refractivity contribution in [1.29, 1.82) is 0 Å². The Hall–Kier alpha value is 0.139. The molecule has 0 spiro atoms. The van der Waals surface area contributed by atoms with Gasteiger partial charge in [0, 0.05) is 56.9 Å². The average Bonchev–Trinajstić information content (AvgIpc) is 2.96. The Bertz CT molecular complexity index is 518. The van der Waals surface area contributed by atoms with Crippen molar-refractivity contribution in [3.63, 3.8) is 0 Å². The van der Waals surface area contributed by atoms with E-state index < -0.39 is 33.7 Å². The van der Waals surface area contributed by atoms with Gasteiger partial charge in [-0.1, -0.05) is 0 Å². The zero-order valence-corrected chi connectivity index (χ0v) is 31.7. The number of carbonyl (C=O) groups excluding carboxylic acids is 3. The van der Waals surface area contributed by atoms with Gasteiger partial charge in [0.2, 0.25) is 0 Å². The first-order valence-corrected chi connectivity index (χ1v) is 18.3. The van der Waals surface area contributed by atoms with Gasteiger partial charge in [0.05, 0.1) is 17.9 Å². The van der Waals surface area contributed by atoms with Crippen LogP contribution >= 0.6 is 37.9 Å². The Morgan fingerprint density at radius 2 is 0.833 bits per heavy atom. The van der Waals surface area contributed by atoms with Crippen LogP contribution in [0.25, 0.3) is 0 Å². The maximum absolute atomic E-state index is 10.1. The number of rotatable bonds is 24. The molecule has 0 aromatic carbocycles. The van der Waals surface area contributed by atoms with E-state index in [4.69, 9.17) is 14.2 Å². The van der Waals surface area contributed by atoms with Gasteiger partial charge in [0.25, 0.3) is 0 Å². The molecule has 248 valence electrons. The number of carboxylic acid groups (broad SMARTS) is 3. The number of carbonyl (C=O) groups is 3. The number of hydrogen-bond donors (Lipinski definition) is 3. The van der Waals surface area contributed by atoms with Gasteiger partial charge < -0.3 is 43.9 Å². The molecule has 0 bridgehead atoms. The Labute approximate surface area is 285 Å². The first kappa shape index (κ1) is 49.0. The second-order valence-electron chi connectivity index (χ2n) is 9.49. The number of hydrogen-bond acceptors (Lipinski definition) is 12. The second-order valence-corrected chi connectivity index (χ2v) is 12.8. The third-order valence-corrected chi connectivity index (χ3v) is 7.99. The molecule has 3 atom stereocenters. The van der Waals surface area contributed by atoms with Gasteiger partial charge in [0.15, 0.2) is 0 Å². The fourth-order valence-electron chi connectivity index (χ4n) is 3.01. The van der Waals surface area contributed by atoms with E-state index in [1.807, 2.05) is 0 Å². The van der Waals surface area contributed by atoms with Gasteiger partial charge in [-0.05, 0) is 57.8 Å². The summed E-state index contributed by atoms with van der Waals surface area (Å²) < 4.78 is 15.8. The van der Waals surface area contributed by atoms with Gasteiger partial charge in [-0.3, -0.25) is 0 Å². The quantitative estimate of drug-likeness (QED) is 0.0767. The maximum Gasteiger partial charge on any atom is 0.0541 e. The summed E-state index contributed by atoms with van der Waals surface area (Å²) in [4.78, 5) is 30.4. The standard InChI is InChI=1S/C8H17.3C7H14O3S.Sn/c1-3-5-7-8-6-4-2;3*1-10-5-3-2-4-6(11)7(8)9;/h1,3-8H2,2H3;3*6,11H,2-5H2,1H3,(H,8,9);/q;;;;+3/p-3. The van der Waals surface area contributed by atoms with Crippen LogP contribution in [0.4, 0.5) is 0 Å². The smallest absolute Gasteiger partial charge is 0.0541 e. The predicted molar refractivity (Wildman–Crippen MR) is 174 cm³/mol. The minimum atomic E-state index is -1.09. The van der Waals surface area contributed by atoms with Crippen molar-refractivity contribution < 1.29 is 43.9 Å². The van der Waals surface area contributed by atoms with Crippen LogP contribution in [0, 0.1) is 0 Å². The van der Waals surface area contributed by atoms with Gasteiger partial charge in [-0.15, -0.1) is 0 Å². The summed E-state index contributed by atoms with van der Waals surface area (Å²) in [5, 5.41) is 28.5. The van der Waals surface area contributed by atoms with Crippen molar-refractivity contribution in [3.05, 3.63) is 0 Å². The van der Waals surface area contributed by atoms with Crippen molar-refractivity contribution in [1.82, 2.24) is 0 Å². The summed E-state index contributed by atoms with van der Waals surface area (Å²) in [5.41, 5.74) is 0. The van der Waals surface area contributed by atoms with E-state index in [1.54, 1.807) is 43.9 Å². The molecule has 0 aliphatic heterocycles. The number of unbranched alkanes of at least 4 members (excludes halogenated alkanes) is 8. The van der Waals surface area contributed by atoms with E-state index in [1.165, 1.54) is 43.0 Å². The van der Waals surface area contributed by atoms with E-state index in [2.05, 4.69) is 44.8 Å². The minimum Gasteiger partial charge on any atom is -0.549 e. The molecule has 0 heterocycles. The number of carboxylic acids is 3. The number of ether oxygens (including phenoxy) is 3. The van der Waals surface area contributed by atoms with Crippen LogP contribution in [-0.2, 0) is 28.6 Å². The largest absolute Gasteiger partial charge is 0.549 e. The molecule has 0 amide bonds. The van der Waals surface area contributed by atoms with Gasteiger partial charge >= 0.3 is 72.4 Å². The topological polar surface area (TPSA) is 148 Å². The van der Waals surface area contributed by atoms with Crippen molar-refractivity contribution in [3.8, 4) is 0 Å². The zero-order valence-electron chi connectivity index (χ0n) is 26.2. The molecule has 42 heavy (non-hydrogen) atoms. The monoisotopic (exact) mass is 764 g/mol. The molecule has 9 nitrogen and oxygen atoms in total. The number of thiol groups is 3. The molecule has 0 saturated carbocycles. The molecular weight excluding hydrogens is 707 g/mol. The molecule has 3 unspecified atom stereocenters. The van der Waals surface area contributed by atoms with Crippen LogP contribution in [0.15, 0.2) is 0 Å². The summed E-state index contributed by atoms with van der Waals surface area (Å²) in [6.45, 7) is 4.29. The maximum atomic E-state index is 10.1.